The summed E-state index contributed by atoms with van der Waals surface area (Å²) >= 11 is 0. The van der Waals surface area contributed by atoms with Gasteiger partial charge in [-0.2, -0.15) is 0 Å². The zero-order chi connectivity index (χ0) is 15.1. The van der Waals surface area contributed by atoms with Crippen molar-refractivity contribution in [1.29, 1.82) is 0 Å². The van der Waals surface area contributed by atoms with Gasteiger partial charge in [-0.25, -0.2) is 0 Å². The number of hydrogen-bond donors (Lipinski definition) is 1. The molecule has 0 amide bonds. The van der Waals surface area contributed by atoms with Gasteiger partial charge in [-0.3, -0.25) is 0 Å². The molecule has 0 aliphatic carbocycles. The molecule has 1 spiro atoms. The summed E-state index contributed by atoms with van der Waals surface area (Å²) in [7, 11) is 0. The van der Waals surface area contributed by atoms with Crippen molar-refractivity contribution in [3.05, 3.63) is 12.2 Å². The van der Waals surface area contributed by atoms with Crippen LogP contribution < -0.4 is 0 Å². The van der Waals surface area contributed by atoms with Crippen LogP contribution in [0.15, 0.2) is 12.2 Å². The van der Waals surface area contributed by atoms with Gasteiger partial charge in [0.2, 0.25) is 5.79 Å². The first kappa shape index (κ1) is 16.9. The Morgan fingerprint density at radius 2 is 1.86 bits per heavy atom. The maximum atomic E-state index is 10.5. The minimum atomic E-state index is -0.867. The molecule has 4 heteroatoms. The van der Waals surface area contributed by atoms with Crippen molar-refractivity contribution < 1.29 is 19.3 Å². The zero-order valence-electron chi connectivity index (χ0n) is 13.4. The third-order valence-corrected chi connectivity index (χ3v) is 4.49. The summed E-state index contributed by atoms with van der Waals surface area (Å²) in [5.74, 6) is -0.817. The van der Waals surface area contributed by atoms with Gasteiger partial charge in [-0.15, -0.1) is 0 Å². The van der Waals surface area contributed by atoms with E-state index in [1.807, 2.05) is 13.0 Å². The molecule has 3 atom stereocenters. The van der Waals surface area contributed by atoms with E-state index in [4.69, 9.17) is 14.2 Å². The molecule has 2 saturated heterocycles. The molecule has 21 heavy (non-hydrogen) atoms. The number of unbranched alkanes of at least 4 members (excludes halogenated alkanes) is 5. The molecular weight excluding hydrogens is 268 g/mol. The smallest absolute Gasteiger partial charge is 0.202 e. The van der Waals surface area contributed by atoms with Crippen molar-refractivity contribution in [2.45, 2.75) is 70.4 Å². The molecule has 0 saturated carbocycles. The minimum absolute atomic E-state index is 0.0497. The highest BCUT2D eigenvalue weighted by Gasteiger charge is 2.54. The van der Waals surface area contributed by atoms with E-state index in [1.165, 1.54) is 32.1 Å². The lowest BCUT2D eigenvalue weighted by Crippen LogP contribution is -2.59. The fraction of sp³-hybridized carbons (Fsp3) is 0.882. The molecular formula is C17H30O4. The minimum Gasteiger partial charge on any atom is -0.384 e. The van der Waals surface area contributed by atoms with E-state index in [1.54, 1.807) is 0 Å². The van der Waals surface area contributed by atoms with Crippen LogP contribution in [0.1, 0.15) is 52.4 Å². The predicted molar refractivity (Wildman–Crippen MR) is 82.1 cm³/mol. The Balaban J connectivity index is 1.78. The van der Waals surface area contributed by atoms with Gasteiger partial charge < -0.3 is 19.3 Å². The molecule has 4 nitrogen and oxygen atoms in total. The Labute approximate surface area is 128 Å². The highest BCUT2D eigenvalue weighted by atomic mass is 16.8. The average molecular weight is 298 g/mol. The zero-order valence-corrected chi connectivity index (χ0v) is 13.4. The Morgan fingerprint density at radius 1 is 1.14 bits per heavy atom. The summed E-state index contributed by atoms with van der Waals surface area (Å²) in [5.41, 5.74) is 0. The van der Waals surface area contributed by atoms with Crippen molar-refractivity contribution >= 4 is 0 Å². The number of rotatable bonds is 7. The Kier molecular flexibility index (Phi) is 6.68. The standard InChI is InChI=1S/C17H30O4/c1-3-4-5-6-7-8-9-10-15-16(18)17(14(2)13-19-15)20-11-12-21-17/h9-10,14-16,18H,3-8,11-13H2,1-2H3/b10-9+/t14-,15-,16-/m0/s1. The van der Waals surface area contributed by atoms with E-state index in [0.29, 0.717) is 19.8 Å². The van der Waals surface area contributed by atoms with Gasteiger partial charge in [-0.05, 0) is 12.8 Å². The van der Waals surface area contributed by atoms with Gasteiger partial charge in [0.1, 0.15) is 12.2 Å². The van der Waals surface area contributed by atoms with Crippen LogP contribution in [0, 0.1) is 5.92 Å². The van der Waals surface area contributed by atoms with E-state index in [0.717, 1.165) is 6.42 Å². The van der Waals surface area contributed by atoms with Gasteiger partial charge in [0.05, 0.1) is 19.8 Å². The molecule has 122 valence electrons. The van der Waals surface area contributed by atoms with E-state index in [9.17, 15) is 5.11 Å². The lowest BCUT2D eigenvalue weighted by molar-refractivity contribution is -0.301. The molecule has 0 aromatic carbocycles. The van der Waals surface area contributed by atoms with E-state index >= 15 is 0 Å². The number of aliphatic hydroxyl groups is 1. The molecule has 2 aliphatic heterocycles. The van der Waals surface area contributed by atoms with Crippen LogP contribution in [0.3, 0.4) is 0 Å². The highest BCUT2D eigenvalue weighted by molar-refractivity contribution is 5.03. The second-order valence-corrected chi connectivity index (χ2v) is 6.19. The monoisotopic (exact) mass is 298 g/mol. The molecule has 0 aromatic rings. The first-order valence-electron chi connectivity index (χ1n) is 8.45. The van der Waals surface area contributed by atoms with Crippen molar-refractivity contribution in [3.8, 4) is 0 Å². The molecule has 0 aromatic heterocycles. The summed E-state index contributed by atoms with van der Waals surface area (Å²) in [4.78, 5) is 0. The molecule has 1 N–H and O–H groups in total. The number of hydrogen-bond acceptors (Lipinski definition) is 4. The van der Waals surface area contributed by atoms with Gasteiger partial charge >= 0.3 is 0 Å². The lowest BCUT2D eigenvalue weighted by Gasteiger charge is -2.44. The van der Waals surface area contributed by atoms with Crippen LogP contribution in [0.25, 0.3) is 0 Å². The van der Waals surface area contributed by atoms with Crippen molar-refractivity contribution in [2.75, 3.05) is 19.8 Å². The third kappa shape index (κ3) is 4.07. The number of ether oxygens (including phenoxy) is 3. The summed E-state index contributed by atoms with van der Waals surface area (Å²) < 4.78 is 17.2. The van der Waals surface area contributed by atoms with Crippen LogP contribution >= 0.6 is 0 Å². The Bertz CT molecular complexity index is 323. The average Bonchev–Trinajstić information content (AvgIpc) is 2.97. The number of allylic oxidation sites excluding steroid dienone is 1. The van der Waals surface area contributed by atoms with Crippen LogP contribution in [0.4, 0.5) is 0 Å². The van der Waals surface area contributed by atoms with Crippen LogP contribution in [-0.2, 0) is 14.2 Å². The lowest BCUT2D eigenvalue weighted by atomic mass is 9.89. The molecule has 2 heterocycles. The van der Waals surface area contributed by atoms with E-state index in [-0.39, 0.29) is 12.0 Å². The molecule has 0 radical (unpaired) electrons. The Hall–Kier alpha value is -0.420. The van der Waals surface area contributed by atoms with Crippen LogP contribution in [-0.4, -0.2) is 42.9 Å². The van der Waals surface area contributed by atoms with Crippen molar-refractivity contribution in [2.24, 2.45) is 5.92 Å². The molecule has 2 aliphatic rings. The second-order valence-electron chi connectivity index (χ2n) is 6.19. The first-order valence-corrected chi connectivity index (χ1v) is 8.45. The van der Waals surface area contributed by atoms with Crippen molar-refractivity contribution in [1.82, 2.24) is 0 Å². The van der Waals surface area contributed by atoms with Crippen LogP contribution in [0.5, 0.6) is 0 Å². The normalized spacial score (nSPS) is 32.2. The summed E-state index contributed by atoms with van der Waals surface area (Å²) in [5, 5.41) is 10.5. The SMILES string of the molecule is CCCCCCC/C=C/[C@@H]1OC[C@H](C)C2(OCCO2)[C@H]1O. The maximum absolute atomic E-state index is 10.5. The summed E-state index contributed by atoms with van der Waals surface area (Å²) in [6, 6.07) is 0. The van der Waals surface area contributed by atoms with Gasteiger partial charge in [0, 0.05) is 5.92 Å². The summed E-state index contributed by atoms with van der Waals surface area (Å²) in [6.07, 6.45) is 10.5. The predicted octanol–water partition coefficient (Wildman–Crippen LogP) is 3.04. The number of aliphatic hydroxyl groups excluding tert-OH is 1. The van der Waals surface area contributed by atoms with Gasteiger partial charge in [0.25, 0.3) is 0 Å². The fourth-order valence-corrected chi connectivity index (χ4v) is 3.14. The highest BCUT2D eigenvalue weighted by Crippen LogP contribution is 2.38. The first-order chi connectivity index (χ1) is 10.2. The molecule has 0 bridgehead atoms. The van der Waals surface area contributed by atoms with Crippen LogP contribution in [0.2, 0.25) is 0 Å². The molecule has 0 unspecified atom stereocenters. The topological polar surface area (TPSA) is 47.9 Å². The van der Waals surface area contributed by atoms with Gasteiger partial charge in [0.15, 0.2) is 0 Å². The third-order valence-electron chi connectivity index (χ3n) is 4.49. The fourth-order valence-electron chi connectivity index (χ4n) is 3.14. The summed E-state index contributed by atoms with van der Waals surface area (Å²) in [6.45, 7) is 5.89. The molecule has 2 fully saturated rings. The van der Waals surface area contributed by atoms with Gasteiger partial charge in [-0.1, -0.05) is 51.7 Å². The van der Waals surface area contributed by atoms with E-state index in [2.05, 4.69) is 13.0 Å². The Morgan fingerprint density at radius 3 is 2.57 bits per heavy atom. The van der Waals surface area contributed by atoms with E-state index < -0.39 is 11.9 Å². The quantitative estimate of drug-likeness (QED) is 0.580. The maximum Gasteiger partial charge on any atom is 0.202 e. The molecule has 2 rings (SSSR count). The second kappa shape index (κ2) is 8.28. The largest absolute Gasteiger partial charge is 0.384 e. The van der Waals surface area contributed by atoms with Crippen molar-refractivity contribution in [3.63, 3.8) is 0 Å².